The molecule has 0 N–H and O–H groups in total. The van der Waals surface area contributed by atoms with Gasteiger partial charge in [0.1, 0.15) is 0 Å². The van der Waals surface area contributed by atoms with E-state index in [9.17, 15) is 0 Å². The van der Waals surface area contributed by atoms with Gasteiger partial charge in [0, 0.05) is 0 Å². The largest absolute Gasteiger partial charge is 0.179 e. The summed E-state index contributed by atoms with van der Waals surface area (Å²) in [4.78, 5) is 0. The van der Waals surface area contributed by atoms with Crippen molar-refractivity contribution in [3.8, 4) is 0 Å². The molecule has 0 aliphatic carbocycles. The van der Waals surface area contributed by atoms with Gasteiger partial charge in [0.15, 0.2) is 0 Å². The molecule has 1 atom stereocenters. The second kappa shape index (κ2) is 5.55. The smallest absolute Gasteiger partial charge is 0.0656 e. The maximum absolute atomic E-state index is 5.44. The summed E-state index contributed by atoms with van der Waals surface area (Å²) in [6, 6.07) is 0. The molecule has 2 heteroatoms. The zero-order valence-electron chi connectivity index (χ0n) is 5.43. The fourth-order valence-electron chi connectivity index (χ4n) is 0.671. The average Bonchev–Trinajstić information content (AvgIpc) is 1.83. The number of hydrogen-bond acceptors (Lipinski definition) is 1. The van der Waals surface area contributed by atoms with Crippen LogP contribution in [-0.2, 0) is 0 Å². The second-order valence-corrected chi connectivity index (χ2v) is 2.47. The van der Waals surface area contributed by atoms with Crippen LogP contribution in [0.4, 0.5) is 0 Å². The fraction of sp³-hybridized carbons (Fsp3) is 1.00. The van der Waals surface area contributed by atoms with Crippen LogP contribution < -0.4 is 0 Å². The molecule has 0 saturated carbocycles. The van der Waals surface area contributed by atoms with E-state index in [1.54, 1.807) is 0 Å². The van der Waals surface area contributed by atoms with Crippen LogP contribution in [0.5, 0.6) is 0 Å². The van der Waals surface area contributed by atoms with Crippen LogP contribution in [-0.4, -0.2) is 13.6 Å². The topological polar surface area (TPSA) is 0 Å². The van der Waals surface area contributed by atoms with Crippen molar-refractivity contribution < 1.29 is 0 Å². The van der Waals surface area contributed by atoms with E-state index in [-0.39, 0.29) is 0 Å². The van der Waals surface area contributed by atoms with Crippen LogP contribution in [0.25, 0.3) is 0 Å². The molecule has 8 heavy (non-hydrogen) atoms. The van der Waals surface area contributed by atoms with Gasteiger partial charge in [-0.3, -0.25) is 0 Å². The summed E-state index contributed by atoms with van der Waals surface area (Å²) in [5.41, 5.74) is 0. The van der Waals surface area contributed by atoms with Gasteiger partial charge in [0.05, 0.1) is 7.85 Å². The average molecular weight is 128 g/mol. The first-order valence-electron chi connectivity index (χ1n) is 3.16. The Bertz CT molecular complexity index is 43.8. The molecular weight excluding hydrogens is 115 g/mol. The Morgan fingerprint density at radius 2 is 2.25 bits per heavy atom. The Labute approximate surface area is 58.9 Å². The highest BCUT2D eigenvalue weighted by molar-refractivity contribution is 7.80. The van der Waals surface area contributed by atoms with E-state index < -0.39 is 0 Å². The fourth-order valence-corrected chi connectivity index (χ4v) is 1.04. The minimum atomic E-state index is 0.701. The minimum absolute atomic E-state index is 0.701. The summed E-state index contributed by atoms with van der Waals surface area (Å²) in [6.07, 6.45) is 3.17. The molecule has 0 nitrogen and oxygen atoms in total. The molecule has 46 valence electrons. The van der Waals surface area contributed by atoms with E-state index >= 15 is 0 Å². The molecule has 1 unspecified atom stereocenters. The van der Waals surface area contributed by atoms with Crippen molar-refractivity contribution >= 4 is 20.5 Å². The van der Waals surface area contributed by atoms with E-state index in [1.165, 1.54) is 6.42 Å². The van der Waals surface area contributed by atoms with E-state index in [4.69, 9.17) is 7.85 Å². The molecule has 0 aliphatic heterocycles. The van der Waals surface area contributed by atoms with Crippen LogP contribution in [0, 0.1) is 5.92 Å². The van der Waals surface area contributed by atoms with Crippen molar-refractivity contribution in [3.63, 3.8) is 0 Å². The highest BCUT2D eigenvalue weighted by Gasteiger charge is 1.98. The molecule has 0 amide bonds. The molecule has 2 radical (unpaired) electrons. The normalized spacial score (nSPS) is 13.8. The predicted octanol–water partition coefficient (Wildman–Crippen LogP) is 1.92. The van der Waals surface area contributed by atoms with Crippen molar-refractivity contribution in [2.75, 3.05) is 5.75 Å². The Hall–Kier alpha value is 0.415. The first-order valence-corrected chi connectivity index (χ1v) is 3.79. The molecule has 0 rings (SSSR count). The maximum atomic E-state index is 5.44. The maximum Gasteiger partial charge on any atom is 0.0656 e. The van der Waals surface area contributed by atoms with Crippen LogP contribution in [0.15, 0.2) is 0 Å². The van der Waals surface area contributed by atoms with Crippen LogP contribution in [0.2, 0.25) is 6.32 Å². The third kappa shape index (κ3) is 3.42. The van der Waals surface area contributed by atoms with Crippen molar-refractivity contribution in [1.82, 2.24) is 0 Å². The molecule has 0 aromatic carbocycles. The number of rotatable bonds is 4. The van der Waals surface area contributed by atoms with Gasteiger partial charge < -0.3 is 0 Å². The van der Waals surface area contributed by atoms with Crippen molar-refractivity contribution in [2.24, 2.45) is 5.92 Å². The summed E-state index contributed by atoms with van der Waals surface area (Å²) < 4.78 is 0. The quantitative estimate of drug-likeness (QED) is 0.434. The van der Waals surface area contributed by atoms with Gasteiger partial charge in [-0.15, -0.1) is 0 Å². The summed E-state index contributed by atoms with van der Waals surface area (Å²) in [7, 11) is 5.44. The molecule has 0 aliphatic rings. The highest BCUT2D eigenvalue weighted by atomic mass is 32.1. The van der Waals surface area contributed by atoms with Crippen molar-refractivity contribution in [2.45, 2.75) is 26.1 Å². The lowest BCUT2D eigenvalue weighted by molar-refractivity contribution is 0.549. The third-order valence-corrected chi connectivity index (χ3v) is 1.71. The Morgan fingerprint density at radius 3 is 2.38 bits per heavy atom. The molecule has 0 bridgehead atoms. The van der Waals surface area contributed by atoms with Crippen LogP contribution >= 0.6 is 12.6 Å². The lowest BCUT2D eigenvalue weighted by Gasteiger charge is -2.08. The minimum Gasteiger partial charge on any atom is -0.179 e. The lowest BCUT2D eigenvalue weighted by Crippen LogP contribution is -1.97. The van der Waals surface area contributed by atoms with E-state index in [0.29, 0.717) is 5.92 Å². The van der Waals surface area contributed by atoms with Gasteiger partial charge in [-0.05, 0) is 18.1 Å². The van der Waals surface area contributed by atoms with Gasteiger partial charge in [-0.25, -0.2) is 0 Å². The second-order valence-electron chi connectivity index (χ2n) is 2.02. The predicted molar refractivity (Wildman–Crippen MR) is 42.8 cm³/mol. The zero-order valence-corrected chi connectivity index (χ0v) is 6.32. The van der Waals surface area contributed by atoms with Gasteiger partial charge >= 0.3 is 0 Å². The summed E-state index contributed by atoms with van der Waals surface area (Å²) in [5.74, 6) is 1.67. The number of thiol groups is 1. The Morgan fingerprint density at radius 1 is 1.62 bits per heavy atom. The molecule has 0 aromatic rings. The van der Waals surface area contributed by atoms with Gasteiger partial charge in [0.2, 0.25) is 0 Å². The van der Waals surface area contributed by atoms with Gasteiger partial charge in [-0.1, -0.05) is 19.7 Å². The van der Waals surface area contributed by atoms with E-state index in [1.807, 2.05) is 0 Å². The summed E-state index contributed by atoms with van der Waals surface area (Å²) in [6.45, 7) is 2.17. The zero-order chi connectivity index (χ0) is 6.41. The van der Waals surface area contributed by atoms with Crippen LogP contribution in [0.3, 0.4) is 0 Å². The van der Waals surface area contributed by atoms with Gasteiger partial charge in [-0.2, -0.15) is 12.6 Å². The van der Waals surface area contributed by atoms with E-state index in [0.717, 1.165) is 18.5 Å². The Balaban J connectivity index is 3.07. The monoisotopic (exact) mass is 128 g/mol. The van der Waals surface area contributed by atoms with Crippen molar-refractivity contribution in [1.29, 1.82) is 0 Å². The molecule has 0 aromatic heterocycles. The van der Waals surface area contributed by atoms with E-state index in [2.05, 4.69) is 19.6 Å². The third-order valence-electron chi connectivity index (χ3n) is 1.45. The van der Waals surface area contributed by atoms with Crippen molar-refractivity contribution in [3.05, 3.63) is 0 Å². The van der Waals surface area contributed by atoms with Gasteiger partial charge in [0.25, 0.3) is 0 Å². The SMILES string of the molecule is [B]CC(CC)CCS. The standard InChI is InChI=1S/C6H13BS/c1-2-6(5-7)3-4-8/h6,8H,2-5H2,1H3. The molecule has 0 saturated heterocycles. The summed E-state index contributed by atoms with van der Waals surface area (Å²) >= 11 is 4.11. The Kier molecular flexibility index (Phi) is 5.84. The number of hydrogen-bond donors (Lipinski definition) is 1. The molecule has 0 heterocycles. The molecular formula is C6H13BS. The first-order chi connectivity index (χ1) is 3.85. The molecule has 0 spiro atoms. The highest BCUT2D eigenvalue weighted by Crippen LogP contribution is 2.11. The first kappa shape index (κ1) is 8.41. The molecule has 0 fully saturated rings. The van der Waals surface area contributed by atoms with Crippen LogP contribution in [0.1, 0.15) is 19.8 Å². The summed E-state index contributed by atoms with van der Waals surface area (Å²) in [5, 5.41) is 0. The lowest BCUT2D eigenvalue weighted by atomic mass is 9.88.